The molecule has 7 heteroatoms. The number of guanidine groups is 1. The van der Waals surface area contributed by atoms with Gasteiger partial charge in [0.15, 0.2) is 5.96 Å². The van der Waals surface area contributed by atoms with Crippen LogP contribution >= 0.6 is 0 Å². The lowest BCUT2D eigenvalue weighted by Gasteiger charge is -2.15. The second-order valence-corrected chi connectivity index (χ2v) is 6.62. The Labute approximate surface area is 166 Å². The van der Waals surface area contributed by atoms with Gasteiger partial charge < -0.3 is 29.6 Å². The summed E-state index contributed by atoms with van der Waals surface area (Å²) in [7, 11) is 1.65. The molecule has 0 radical (unpaired) electrons. The van der Waals surface area contributed by atoms with Crippen LogP contribution in [0.3, 0.4) is 0 Å². The largest absolute Gasteiger partial charge is 0.491 e. The highest BCUT2D eigenvalue weighted by atomic mass is 16.5. The van der Waals surface area contributed by atoms with Crippen molar-refractivity contribution in [1.29, 1.82) is 0 Å². The molecule has 28 heavy (non-hydrogen) atoms. The van der Waals surface area contributed by atoms with Gasteiger partial charge in [-0.3, -0.25) is 4.99 Å². The Morgan fingerprint density at radius 2 is 2.00 bits per heavy atom. The van der Waals surface area contributed by atoms with Gasteiger partial charge in [0.2, 0.25) is 0 Å². The predicted molar refractivity (Wildman–Crippen MR) is 110 cm³/mol. The average molecular weight is 389 g/mol. The number of rotatable bonds is 11. The highest BCUT2D eigenvalue weighted by Crippen LogP contribution is 2.20. The first-order chi connectivity index (χ1) is 13.6. The summed E-state index contributed by atoms with van der Waals surface area (Å²) in [6.07, 6.45) is 1.77. The number of nitrogens with zero attached hydrogens (tertiary/aromatic N) is 1. The molecular weight excluding hydrogens is 358 g/mol. The first kappa shape index (κ1) is 21.8. The fourth-order valence-corrected chi connectivity index (χ4v) is 2.56. The summed E-state index contributed by atoms with van der Waals surface area (Å²) in [6, 6.07) is 11.3. The molecule has 0 aliphatic rings. The second kappa shape index (κ2) is 12.0. The van der Waals surface area contributed by atoms with Crippen molar-refractivity contribution in [2.75, 3.05) is 33.4 Å². The van der Waals surface area contributed by atoms with Crippen LogP contribution in [0.1, 0.15) is 31.3 Å². The van der Waals surface area contributed by atoms with Gasteiger partial charge in [-0.15, -0.1) is 0 Å². The molecule has 0 fully saturated rings. The predicted octanol–water partition coefficient (Wildman–Crippen LogP) is 2.52. The minimum absolute atomic E-state index is 0.0837. The van der Waals surface area contributed by atoms with Crippen molar-refractivity contribution in [3.8, 4) is 5.75 Å². The fraction of sp³-hybridized carbons (Fsp3) is 0.476. The van der Waals surface area contributed by atoms with E-state index in [1.165, 1.54) is 0 Å². The van der Waals surface area contributed by atoms with E-state index in [1.54, 1.807) is 13.4 Å². The van der Waals surface area contributed by atoms with Gasteiger partial charge in [0, 0.05) is 26.6 Å². The minimum atomic E-state index is -0.721. The van der Waals surface area contributed by atoms with Gasteiger partial charge in [-0.25, -0.2) is 0 Å². The van der Waals surface area contributed by atoms with E-state index in [9.17, 15) is 5.11 Å². The highest BCUT2D eigenvalue weighted by molar-refractivity contribution is 5.79. The van der Waals surface area contributed by atoms with Crippen LogP contribution in [0.4, 0.5) is 0 Å². The first-order valence-corrected chi connectivity index (χ1v) is 9.56. The quantitative estimate of drug-likeness (QED) is 0.311. The molecule has 0 spiro atoms. The summed E-state index contributed by atoms with van der Waals surface area (Å²) >= 11 is 0. The van der Waals surface area contributed by atoms with E-state index in [4.69, 9.17) is 13.9 Å². The average Bonchev–Trinajstić information content (AvgIpc) is 3.18. The molecule has 2 rings (SSSR count). The van der Waals surface area contributed by atoms with Crippen LogP contribution in [-0.2, 0) is 11.2 Å². The molecule has 154 valence electrons. The summed E-state index contributed by atoms with van der Waals surface area (Å²) in [5.74, 6) is 2.27. The molecule has 0 aliphatic carbocycles. The molecule has 0 aliphatic heterocycles. The highest BCUT2D eigenvalue weighted by Gasteiger charge is 2.10. The van der Waals surface area contributed by atoms with E-state index >= 15 is 0 Å². The summed E-state index contributed by atoms with van der Waals surface area (Å²) < 4.78 is 16.1. The van der Waals surface area contributed by atoms with Crippen LogP contribution < -0.4 is 15.4 Å². The molecule has 1 atom stereocenters. The van der Waals surface area contributed by atoms with E-state index < -0.39 is 6.10 Å². The number of ether oxygens (including phenoxy) is 2. The molecule has 1 aromatic carbocycles. The monoisotopic (exact) mass is 389 g/mol. The molecule has 1 unspecified atom stereocenters. The van der Waals surface area contributed by atoms with Crippen molar-refractivity contribution in [3.63, 3.8) is 0 Å². The van der Waals surface area contributed by atoms with Crippen LogP contribution in [0.5, 0.6) is 5.75 Å². The van der Waals surface area contributed by atoms with Crippen LogP contribution in [0.2, 0.25) is 0 Å². The Kier molecular flexibility index (Phi) is 9.37. The SMILES string of the molecule is COCCNC(=NCC(O)c1cccc(OC(C)C)c1)NCCc1ccco1. The van der Waals surface area contributed by atoms with Crippen LogP contribution in [-0.4, -0.2) is 50.5 Å². The molecule has 7 nitrogen and oxygen atoms in total. The molecule has 2 aromatic rings. The van der Waals surface area contributed by atoms with Gasteiger partial charge in [0.05, 0.1) is 31.6 Å². The lowest BCUT2D eigenvalue weighted by Crippen LogP contribution is -2.40. The standard InChI is InChI=1S/C21H31N3O4/c1-16(2)28-19-7-4-6-17(14-19)20(25)15-24-21(23-11-13-26-3)22-10-9-18-8-5-12-27-18/h4-8,12,14,16,20,25H,9-11,13,15H2,1-3H3,(H2,22,23,24). The van der Waals surface area contributed by atoms with Crippen molar-refractivity contribution in [3.05, 3.63) is 54.0 Å². The Morgan fingerprint density at radius 3 is 2.71 bits per heavy atom. The molecule has 1 aromatic heterocycles. The van der Waals surface area contributed by atoms with Crippen molar-refractivity contribution in [2.24, 2.45) is 4.99 Å². The van der Waals surface area contributed by atoms with Crippen molar-refractivity contribution in [1.82, 2.24) is 10.6 Å². The zero-order valence-corrected chi connectivity index (χ0v) is 16.9. The van der Waals surface area contributed by atoms with E-state index in [1.807, 2.05) is 50.2 Å². The molecule has 0 bridgehead atoms. The molecule has 3 N–H and O–H groups in total. The number of methoxy groups -OCH3 is 1. The van der Waals surface area contributed by atoms with Crippen molar-refractivity contribution >= 4 is 5.96 Å². The Balaban J connectivity index is 1.93. The van der Waals surface area contributed by atoms with E-state index in [0.29, 0.717) is 25.7 Å². The molecular formula is C21H31N3O4. The van der Waals surface area contributed by atoms with Gasteiger partial charge in [-0.2, -0.15) is 0 Å². The van der Waals surface area contributed by atoms with E-state index in [-0.39, 0.29) is 12.6 Å². The Hall–Kier alpha value is -2.51. The second-order valence-electron chi connectivity index (χ2n) is 6.62. The first-order valence-electron chi connectivity index (χ1n) is 9.56. The normalized spacial score (nSPS) is 12.8. The minimum Gasteiger partial charge on any atom is -0.491 e. The van der Waals surface area contributed by atoms with E-state index in [0.717, 1.165) is 23.5 Å². The van der Waals surface area contributed by atoms with Gasteiger partial charge in [-0.1, -0.05) is 12.1 Å². The van der Waals surface area contributed by atoms with Crippen molar-refractivity contribution < 1.29 is 19.0 Å². The lowest BCUT2D eigenvalue weighted by atomic mass is 10.1. The number of aliphatic hydroxyl groups is 1. The van der Waals surface area contributed by atoms with Gasteiger partial charge in [0.1, 0.15) is 11.5 Å². The number of aliphatic imine (C=N–C) groups is 1. The van der Waals surface area contributed by atoms with Gasteiger partial charge >= 0.3 is 0 Å². The smallest absolute Gasteiger partial charge is 0.191 e. The van der Waals surface area contributed by atoms with Gasteiger partial charge in [-0.05, 0) is 43.7 Å². The Bertz CT molecular complexity index is 701. The third-order valence-corrected chi connectivity index (χ3v) is 3.88. The zero-order chi connectivity index (χ0) is 20.2. The zero-order valence-electron chi connectivity index (χ0n) is 16.9. The summed E-state index contributed by atoms with van der Waals surface area (Å²) in [5, 5.41) is 17.0. The number of aliphatic hydroxyl groups excluding tert-OH is 1. The molecule has 0 amide bonds. The third kappa shape index (κ3) is 8.02. The summed E-state index contributed by atoms with van der Waals surface area (Å²) in [5.41, 5.74) is 0.772. The van der Waals surface area contributed by atoms with Crippen LogP contribution in [0.25, 0.3) is 0 Å². The summed E-state index contributed by atoms with van der Waals surface area (Å²) in [4.78, 5) is 4.50. The van der Waals surface area contributed by atoms with Crippen molar-refractivity contribution in [2.45, 2.75) is 32.5 Å². The topological polar surface area (TPSA) is 88.2 Å². The van der Waals surface area contributed by atoms with Gasteiger partial charge in [0.25, 0.3) is 0 Å². The number of hydrogen-bond acceptors (Lipinski definition) is 5. The molecule has 0 saturated carbocycles. The number of benzene rings is 1. The van der Waals surface area contributed by atoms with E-state index in [2.05, 4.69) is 15.6 Å². The number of furan rings is 1. The maximum Gasteiger partial charge on any atom is 0.191 e. The molecule has 0 saturated heterocycles. The number of nitrogens with one attached hydrogen (secondary N) is 2. The Morgan fingerprint density at radius 1 is 1.18 bits per heavy atom. The maximum atomic E-state index is 10.5. The lowest BCUT2D eigenvalue weighted by molar-refractivity contribution is 0.185. The summed E-state index contributed by atoms with van der Waals surface area (Å²) in [6.45, 7) is 6.03. The third-order valence-electron chi connectivity index (χ3n) is 3.88. The maximum absolute atomic E-state index is 10.5. The molecule has 1 heterocycles. The van der Waals surface area contributed by atoms with Crippen LogP contribution in [0.15, 0.2) is 52.1 Å². The number of hydrogen-bond donors (Lipinski definition) is 3. The fourth-order valence-electron chi connectivity index (χ4n) is 2.56. The van der Waals surface area contributed by atoms with Crippen LogP contribution in [0, 0.1) is 0 Å².